The van der Waals surface area contributed by atoms with Crippen molar-refractivity contribution in [3.05, 3.63) is 53.2 Å². The number of ether oxygens (including phenoxy) is 1. The van der Waals surface area contributed by atoms with E-state index in [9.17, 15) is 0 Å². The van der Waals surface area contributed by atoms with Gasteiger partial charge in [0, 0.05) is 24.3 Å². The lowest BCUT2D eigenvalue weighted by atomic mass is 10.2. The van der Waals surface area contributed by atoms with Crippen molar-refractivity contribution in [3.8, 4) is 11.6 Å². The third kappa shape index (κ3) is 3.81. The first-order valence-corrected chi connectivity index (χ1v) is 6.98. The molecule has 0 bridgehead atoms. The van der Waals surface area contributed by atoms with Gasteiger partial charge in [0.2, 0.25) is 5.88 Å². The van der Waals surface area contributed by atoms with Crippen LogP contribution in [-0.4, -0.2) is 11.0 Å². The van der Waals surface area contributed by atoms with E-state index in [1.54, 1.807) is 0 Å². The first kappa shape index (κ1) is 14.5. The highest BCUT2D eigenvalue weighted by Crippen LogP contribution is 2.25. The van der Waals surface area contributed by atoms with Gasteiger partial charge in [-0.3, -0.25) is 0 Å². The summed E-state index contributed by atoms with van der Waals surface area (Å²) in [4.78, 5) is 4.43. The molecular weight excluding hydrogens is 248 g/mol. The molecule has 1 aromatic carbocycles. The summed E-state index contributed by atoms with van der Waals surface area (Å²) in [7, 11) is 0. The smallest absolute Gasteiger partial charge is 0.222 e. The predicted octanol–water partition coefficient (Wildman–Crippen LogP) is 3.99. The Morgan fingerprint density at radius 3 is 2.55 bits per heavy atom. The SMILES string of the molecule is Cc1ccccc1Oc1ncc(CNC(C)C)cc1C. The number of hydrogen-bond acceptors (Lipinski definition) is 3. The number of aryl methyl sites for hydroxylation is 2. The van der Waals surface area contributed by atoms with E-state index in [1.165, 1.54) is 5.56 Å². The van der Waals surface area contributed by atoms with Gasteiger partial charge in [-0.15, -0.1) is 0 Å². The maximum absolute atomic E-state index is 5.89. The fourth-order valence-electron chi connectivity index (χ4n) is 1.92. The highest BCUT2D eigenvalue weighted by molar-refractivity contribution is 5.37. The van der Waals surface area contributed by atoms with E-state index >= 15 is 0 Å². The van der Waals surface area contributed by atoms with Gasteiger partial charge in [-0.2, -0.15) is 0 Å². The maximum Gasteiger partial charge on any atom is 0.222 e. The molecule has 0 spiro atoms. The van der Waals surface area contributed by atoms with Crippen LogP contribution in [0.3, 0.4) is 0 Å². The van der Waals surface area contributed by atoms with Gasteiger partial charge in [0.15, 0.2) is 0 Å². The van der Waals surface area contributed by atoms with E-state index < -0.39 is 0 Å². The van der Waals surface area contributed by atoms with Crippen molar-refractivity contribution in [1.82, 2.24) is 10.3 Å². The van der Waals surface area contributed by atoms with Crippen molar-refractivity contribution in [2.75, 3.05) is 0 Å². The lowest BCUT2D eigenvalue weighted by molar-refractivity contribution is 0.454. The van der Waals surface area contributed by atoms with Crippen LogP contribution in [0, 0.1) is 13.8 Å². The molecule has 0 amide bonds. The molecule has 106 valence electrons. The Morgan fingerprint density at radius 2 is 1.90 bits per heavy atom. The van der Waals surface area contributed by atoms with Gasteiger partial charge < -0.3 is 10.1 Å². The minimum absolute atomic E-state index is 0.471. The van der Waals surface area contributed by atoms with E-state index in [4.69, 9.17) is 4.74 Å². The third-order valence-corrected chi connectivity index (χ3v) is 3.10. The van der Waals surface area contributed by atoms with Crippen LogP contribution in [0.1, 0.15) is 30.5 Å². The minimum Gasteiger partial charge on any atom is -0.438 e. The molecule has 0 aliphatic heterocycles. The van der Waals surface area contributed by atoms with Crippen LogP contribution in [0.5, 0.6) is 11.6 Å². The Kier molecular flexibility index (Phi) is 4.74. The molecule has 0 unspecified atom stereocenters. The zero-order valence-corrected chi connectivity index (χ0v) is 12.6. The molecule has 0 aliphatic carbocycles. The van der Waals surface area contributed by atoms with Crippen LogP contribution in [0.2, 0.25) is 0 Å². The highest BCUT2D eigenvalue weighted by Gasteiger charge is 2.06. The van der Waals surface area contributed by atoms with Gasteiger partial charge in [-0.25, -0.2) is 4.98 Å². The number of para-hydroxylation sites is 1. The summed E-state index contributed by atoms with van der Waals surface area (Å²) in [5.74, 6) is 1.53. The fraction of sp³-hybridized carbons (Fsp3) is 0.353. The van der Waals surface area contributed by atoms with Gasteiger partial charge in [0.1, 0.15) is 5.75 Å². The molecule has 0 aliphatic rings. The average molecular weight is 270 g/mol. The van der Waals surface area contributed by atoms with Crippen molar-refractivity contribution in [2.24, 2.45) is 0 Å². The predicted molar refractivity (Wildman–Crippen MR) is 82.2 cm³/mol. The summed E-state index contributed by atoms with van der Waals surface area (Å²) < 4.78 is 5.89. The van der Waals surface area contributed by atoms with Crippen molar-refractivity contribution < 1.29 is 4.74 Å². The zero-order valence-electron chi connectivity index (χ0n) is 12.6. The second kappa shape index (κ2) is 6.53. The molecule has 20 heavy (non-hydrogen) atoms. The minimum atomic E-state index is 0.471. The molecule has 0 radical (unpaired) electrons. The van der Waals surface area contributed by atoms with Crippen molar-refractivity contribution in [3.63, 3.8) is 0 Å². The van der Waals surface area contributed by atoms with Gasteiger partial charge in [-0.1, -0.05) is 32.0 Å². The highest BCUT2D eigenvalue weighted by atomic mass is 16.5. The Hall–Kier alpha value is -1.87. The van der Waals surface area contributed by atoms with Crippen LogP contribution >= 0.6 is 0 Å². The molecule has 1 N–H and O–H groups in total. The molecule has 0 saturated carbocycles. The molecule has 3 nitrogen and oxygen atoms in total. The van der Waals surface area contributed by atoms with Gasteiger partial charge >= 0.3 is 0 Å². The molecule has 1 aromatic heterocycles. The third-order valence-electron chi connectivity index (χ3n) is 3.10. The monoisotopic (exact) mass is 270 g/mol. The molecule has 1 heterocycles. The molecule has 3 heteroatoms. The standard InChI is InChI=1S/C17H22N2O/c1-12(2)18-10-15-9-14(4)17(19-11-15)20-16-8-6-5-7-13(16)3/h5-9,11-12,18H,10H2,1-4H3. The first-order valence-electron chi connectivity index (χ1n) is 6.98. The number of benzene rings is 1. The van der Waals surface area contributed by atoms with Crippen LogP contribution in [0.4, 0.5) is 0 Å². The van der Waals surface area contributed by atoms with Crippen molar-refractivity contribution >= 4 is 0 Å². The first-order chi connectivity index (χ1) is 9.56. The lowest BCUT2D eigenvalue weighted by Gasteiger charge is -2.12. The van der Waals surface area contributed by atoms with E-state index in [0.717, 1.165) is 23.4 Å². The molecule has 2 aromatic rings. The molecular formula is C17H22N2O. The largest absolute Gasteiger partial charge is 0.438 e. The summed E-state index contributed by atoms with van der Waals surface area (Å²) in [5, 5.41) is 3.39. The normalized spacial score (nSPS) is 10.8. The molecule has 2 rings (SSSR count). The second-order valence-electron chi connectivity index (χ2n) is 5.37. The number of rotatable bonds is 5. The molecule has 0 saturated heterocycles. The Bertz CT molecular complexity index is 579. The Morgan fingerprint density at radius 1 is 1.15 bits per heavy atom. The lowest BCUT2D eigenvalue weighted by Crippen LogP contribution is -2.21. The Labute approximate surface area is 121 Å². The summed E-state index contributed by atoms with van der Waals surface area (Å²) in [6.07, 6.45) is 1.87. The Balaban J connectivity index is 2.12. The van der Waals surface area contributed by atoms with Crippen LogP contribution in [-0.2, 0) is 6.54 Å². The number of pyridine rings is 1. The topological polar surface area (TPSA) is 34.1 Å². The van der Waals surface area contributed by atoms with E-state index in [0.29, 0.717) is 11.9 Å². The number of nitrogens with zero attached hydrogens (tertiary/aromatic N) is 1. The summed E-state index contributed by atoms with van der Waals surface area (Å²) in [5.41, 5.74) is 3.34. The van der Waals surface area contributed by atoms with Crippen molar-refractivity contribution in [2.45, 2.75) is 40.3 Å². The van der Waals surface area contributed by atoms with E-state index in [2.05, 4.69) is 30.2 Å². The average Bonchev–Trinajstić information content (AvgIpc) is 2.41. The summed E-state index contributed by atoms with van der Waals surface area (Å²) in [6.45, 7) is 9.16. The van der Waals surface area contributed by atoms with E-state index in [-0.39, 0.29) is 0 Å². The second-order valence-corrected chi connectivity index (χ2v) is 5.37. The summed E-state index contributed by atoms with van der Waals surface area (Å²) >= 11 is 0. The van der Waals surface area contributed by atoms with Crippen LogP contribution < -0.4 is 10.1 Å². The molecule has 0 fully saturated rings. The summed E-state index contributed by atoms with van der Waals surface area (Å²) in [6, 6.07) is 10.6. The zero-order chi connectivity index (χ0) is 14.5. The number of nitrogens with one attached hydrogen (secondary N) is 1. The fourth-order valence-corrected chi connectivity index (χ4v) is 1.92. The van der Waals surface area contributed by atoms with Crippen molar-refractivity contribution in [1.29, 1.82) is 0 Å². The van der Waals surface area contributed by atoms with Crippen LogP contribution in [0.15, 0.2) is 36.5 Å². The quantitative estimate of drug-likeness (QED) is 0.892. The maximum atomic E-state index is 5.89. The van der Waals surface area contributed by atoms with E-state index in [1.807, 2.05) is 44.3 Å². The van der Waals surface area contributed by atoms with Crippen LogP contribution in [0.25, 0.3) is 0 Å². The number of hydrogen-bond donors (Lipinski definition) is 1. The molecule has 0 atom stereocenters. The van der Waals surface area contributed by atoms with Gasteiger partial charge in [0.05, 0.1) is 0 Å². The van der Waals surface area contributed by atoms with Gasteiger partial charge in [0.25, 0.3) is 0 Å². The number of aromatic nitrogens is 1. The van der Waals surface area contributed by atoms with Gasteiger partial charge in [-0.05, 0) is 37.1 Å².